The molecule has 2 aromatic rings. The highest BCUT2D eigenvalue weighted by atomic mass is 16.5. The molecule has 0 bridgehead atoms. The number of rotatable bonds is 5. The molecule has 2 rings (SSSR count). The van der Waals surface area contributed by atoms with E-state index in [1.807, 2.05) is 24.3 Å². The zero-order chi connectivity index (χ0) is 17.7. The van der Waals surface area contributed by atoms with Crippen LogP contribution >= 0.6 is 0 Å². The summed E-state index contributed by atoms with van der Waals surface area (Å²) in [6.07, 6.45) is 0. The van der Waals surface area contributed by atoms with Crippen molar-refractivity contribution < 1.29 is 9.53 Å². The fraction of sp³-hybridized carbons (Fsp3) is 0.263. The Kier molecular flexibility index (Phi) is 5.24. The average molecular weight is 325 g/mol. The number of nitrogens with two attached hydrogens (primary N) is 1. The summed E-state index contributed by atoms with van der Waals surface area (Å²) < 4.78 is 5.69. The van der Waals surface area contributed by atoms with Crippen molar-refractivity contribution in [2.45, 2.75) is 26.2 Å². The third kappa shape index (κ3) is 4.59. The number of anilines is 1. The second-order valence-corrected chi connectivity index (χ2v) is 6.57. The lowest BCUT2D eigenvalue weighted by molar-refractivity contribution is -0.118. The monoisotopic (exact) mass is 325 g/mol. The maximum atomic E-state index is 12.1. The van der Waals surface area contributed by atoms with E-state index in [1.54, 1.807) is 24.3 Å². The van der Waals surface area contributed by atoms with Crippen LogP contribution in [0.5, 0.6) is 5.75 Å². The first-order valence-corrected chi connectivity index (χ1v) is 7.74. The summed E-state index contributed by atoms with van der Waals surface area (Å²) in [5.41, 5.74) is 7.65. The van der Waals surface area contributed by atoms with Crippen molar-refractivity contribution in [1.82, 2.24) is 0 Å². The number of carbonyl (C=O) groups excluding carboxylic acids is 1. The highest BCUT2D eigenvalue weighted by molar-refractivity contribution is 5.96. The average Bonchev–Trinajstić information content (AvgIpc) is 2.53. The van der Waals surface area contributed by atoms with Gasteiger partial charge in [-0.15, -0.1) is 0 Å². The van der Waals surface area contributed by atoms with Gasteiger partial charge < -0.3 is 15.8 Å². The van der Waals surface area contributed by atoms with E-state index in [4.69, 9.17) is 15.9 Å². The number of ether oxygens (including phenoxy) is 1. The number of hydrogen-bond donors (Lipinski definition) is 3. The Morgan fingerprint density at radius 3 is 2.33 bits per heavy atom. The molecule has 0 unspecified atom stereocenters. The Morgan fingerprint density at radius 2 is 1.75 bits per heavy atom. The van der Waals surface area contributed by atoms with Gasteiger partial charge in [0.1, 0.15) is 11.6 Å². The Bertz CT molecular complexity index is 731. The number of para-hydroxylation sites is 1. The molecule has 0 radical (unpaired) electrons. The van der Waals surface area contributed by atoms with E-state index in [0.29, 0.717) is 17.0 Å². The standard InChI is InChI=1S/C19H23N3O2/c1-19(2,3)15-6-4-5-7-16(15)24-12-17(23)22-14-10-8-13(9-11-14)18(20)21/h4-11H,12H2,1-3H3,(H3,20,21)(H,22,23). The van der Waals surface area contributed by atoms with Crippen LogP contribution in [0.2, 0.25) is 0 Å². The lowest BCUT2D eigenvalue weighted by Gasteiger charge is -2.22. The van der Waals surface area contributed by atoms with Crippen LogP contribution in [0.1, 0.15) is 31.9 Å². The second kappa shape index (κ2) is 7.17. The first-order chi connectivity index (χ1) is 11.3. The topological polar surface area (TPSA) is 88.2 Å². The highest BCUT2D eigenvalue weighted by Crippen LogP contribution is 2.30. The van der Waals surface area contributed by atoms with E-state index in [-0.39, 0.29) is 23.8 Å². The SMILES string of the molecule is CC(C)(C)c1ccccc1OCC(=O)Nc1ccc(C(=N)N)cc1. The predicted molar refractivity (Wildman–Crippen MR) is 96.7 cm³/mol. The molecule has 24 heavy (non-hydrogen) atoms. The minimum absolute atomic E-state index is 0.00463. The van der Waals surface area contributed by atoms with Crippen LogP contribution in [0.25, 0.3) is 0 Å². The van der Waals surface area contributed by atoms with Gasteiger partial charge in [0.25, 0.3) is 5.91 Å². The second-order valence-electron chi connectivity index (χ2n) is 6.57. The lowest BCUT2D eigenvalue weighted by Crippen LogP contribution is -2.22. The molecule has 0 aromatic heterocycles. The zero-order valence-electron chi connectivity index (χ0n) is 14.2. The Balaban J connectivity index is 1.98. The number of nitrogen functional groups attached to an aromatic ring is 1. The van der Waals surface area contributed by atoms with Crippen LogP contribution in [0.4, 0.5) is 5.69 Å². The Labute approximate surface area is 142 Å². The molecule has 0 aliphatic carbocycles. The van der Waals surface area contributed by atoms with Gasteiger partial charge >= 0.3 is 0 Å². The van der Waals surface area contributed by atoms with Crippen molar-refractivity contribution in [1.29, 1.82) is 5.41 Å². The molecule has 0 fully saturated rings. The molecular weight excluding hydrogens is 302 g/mol. The molecule has 0 atom stereocenters. The minimum atomic E-state index is -0.241. The van der Waals surface area contributed by atoms with Crippen molar-refractivity contribution in [3.63, 3.8) is 0 Å². The summed E-state index contributed by atoms with van der Waals surface area (Å²) in [5.74, 6) is 0.469. The first kappa shape index (κ1) is 17.5. The van der Waals surface area contributed by atoms with Crippen LogP contribution in [0.3, 0.4) is 0 Å². The maximum Gasteiger partial charge on any atom is 0.262 e. The van der Waals surface area contributed by atoms with Gasteiger partial charge in [-0.05, 0) is 41.3 Å². The molecule has 0 aliphatic heterocycles. The fourth-order valence-corrected chi connectivity index (χ4v) is 2.29. The van der Waals surface area contributed by atoms with E-state index in [0.717, 1.165) is 5.56 Å². The molecule has 0 heterocycles. The Hall–Kier alpha value is -2.82. The zero-order valence-corrected chi connectivity index (χ0v) is 14.2. The summed E-state index contributed by atoms with van der Waals surface area (Å²) in [4.78, 5) is 12.1. The number of amidine groups is 1. The molecule has 1 amide bonds. The van der Waals surface area contributed by atoms with Crippen molar-refractivity contribution in [2.24, 2.45) is 5.73 Å². The number of nitrogens with one attached hydrogen (secondary N) is 2. The third-order valence-electron chi connectivity index (χ3n) is 3.53. The van der Waals surface area contributed by atoms with E-state index in [2.05, 4.69) is 26.1 Å². The van der Waals surface area contributed by atoms with Gasteiger partial charge in [0, 0.05) is 11.3 Å². The van der Waals surface area contributed by atoms with E-state index in [9.17, 15) is 4.79 Å². The molecule has 0 spiro atoms. The number of benzene rings is 2. The van der Waals surface area contributed by atoms with Crippen LogP contribution < -0.4 is 15.8 Å². The summed E-state index contributed by atoms with van der Waals surface area (Å²) in [6.45, 7) is 6.24. The van der Waals surface area contributed by atoms with Gasteiger partial charge in [-0.1, -0.05) is 39.0 Å². The van der Waals surface area contributed by atoms with Gasteiger partial charge in [-0.3, -0.25) is 10.2 Å². The summed E-state index contributed by atoms with van der Waals surface area (Å²) in [7, 11) is 0. The van der Waals surface area contributed by atoms with Gasteiger partial charge in [0.15, 0.2) is 6.61 Å². The van der Waals surface area contributed by atoms with Gasteiger partial charge in [0.05, 0.1) is 0 Å². The van der Waals surface area contributed by atoms with Crippen LogP contribution in [-0.4, -0.2) is 18.3 Å². The lowest BCUT2D eigenvalue weighted by atomic mass is 9.86. The molecule has 126 valence electrons. The molecule has 5 nitrogen and oxygen atoms in total. The van der Waals surface area contributed by atoms with Crippen LogP contribution in [0.15, 0.2) is 48.5 Å². The summed E-state index contributed by atoms with van der Waals surface area (Å²) >= 11 is 0. The normalized spacial score (nSPS) is 11.0. The molecule has 0 aliphatic rings. The van der Waals surface area contributed by atoms with Crippen molar-refractivity contribution in [2.75, 3.05) is 11.9 Å². The molecule has 4 N–H and O–H groups in total. The molecule has 2 aromatic carbocycles. The van der Waals surface area contributed by atoms with Crippen molar-refractivity contribution in [3.05, 3.63) is 59.7 Å². The largest absolute Gasteiger partial charge is 0.483 e. The fourth-order valence-electron chi connectivity index (χ4n) is 2.29. The highest BCUT2D eigenvalue weighted by Gasteiger charge is 2.18. The number of hydrogen-bond acceptors (Lipinski definition) is 3. The third-order valence-corrected chi connectivity index (χ3v) is 3.53. The number of carbonyl (C=O) groups is 1. The van der Waals surface area contributed by atoms with Gasteiger partial charge in [0.2, 0.25) is 0 Å². The minimum Gasteiger partial charge on any atom is -0.483 e. The Morgan fingerprint density at radius 1 is 1.12 bits per heavy atom. The smallest absolute Gasteiger partial charge is 0.262 e. The maximum absolute atomic E-state index is 12.1. The first-order valence-electron chi connectivity index (χ1n) is 7.74. The molecule has 0 saturated carbocycles. The molecular formula is C19H23N3O2. The van der Waals surface area contributed by atoms with Gasteiger partial charge in [-0.2, -0.15) is 0 Å². The van der Waals surface area contributed by atoms with E-state index in [1.165, 1.54) is 0 Å². The summed E-state index contributed by atoms with van der Waals surface area (Å²) in [6, 6.07) is 14.5. The van der Waals surface area contributed by atoms with Crippen LogP contribution in [-0.2, 0) is 10.2 Å². The van der Waals surface area contributed by atoms with Crippen molar-refractivity contribution >= 4 is 17.4 Å². The molecule has 0 saturated heterocycles. The van der Waals surface area contributed by atoms with Crippen molar-refractivity contribution in [3.8, 4) is 5.75 Å². The van der Waals surface area contributed by atoms with Gasteiger partial charge in [-0.25, -0.2) is 0 Å². The quantitative estimate of drug-likeness (QED) is 0.582. The predicted octanol–water partition coefficient (Wildman–Crippen LogP) is 3.29. The van der Waals surface area contributed by atoms with E-state index < -0.39 is 0 Å². The number of amides is 1. The van der Waals surface area contributed by atoms with Crippen LogP contribution in [0, 0.1) is 5.41 Å². The van der Waals surface area contributed by atoms with E-state index >= 15 is 0 Å². The summed E-state index contributed by atoms with van der Waals surface area (Å²) in [5, 5.41) is 10.1. The molecule has 5 heteroatoms.